The van der Waals surface area contributed by atoms with Gasteiger partial charge in [0.1, 0.15) is 0 Å². The molecule has 1 aliphatic carbocycles. The Morgan fingerprint density at radius 1 is 1.09 bits per heavy atom. The van der Waals surface area contributed by atoms with Crippen molar-refractivity contribution < 1.29 is 14.3 Å². The van der Waals surface area contributed by atoms with Gasteiger partial charge in [-0.05, 0) is 31.2 Å². The molecule has 5 heteroatoms. The van der Waals surface area contributed by atoms with Crippen LogP contribution in [-0.4, -0.2) is 44.0 Å². The maximum absolute atomic E-state index is 12.0. The molecule has 2 N–H and O–H groups in total. The minimum absolute atomic E-state index is 0.0869. The van der Waals surface area contributed by atoms with E-state index in [1.807, 2.05) is 18.2 Å². The summed E-state index contributed by atoms with van der Waals surface area (Å²) in [6.07, 6.45) is 3.96. The van der Waals surface area contributed by atoms with Crippen LogP contribution in [0.3, 0.4) is 0 Å². The predicted molar refractivity (Wildman–Crippen MR) is 83.8 cm³/mol. The van der Waals surface area contributed by atoms with Crippen LogP contribution in [-0.2, 0) is 15.9 Å². The number of benzene rings is 1. The lowest BCUT2D eigenvalue weighted by molar-refractivity contribution is -0.157. The lowest BCUT2D eigenvalue weighted by Crippen LogP contribution is -2.51. The second-order valence-corrected chi connectivity index (χ2v) is 5.96. The molecule has 22 heavy (non-hydrogen) atoms. The summed E-state index contributed by atoms with van der Waals surface area (Å²) in [5.74, 6) is 0. The lowest BCUT2D eigenvalue weighted by atomic mass is 9.90. The van der Waals surface area contributed by atoms with Gasteiger partial charge in [-0.1, -0.05) is 30.3 Å². The topological polar surface area (TPSA) is 59.6 Å². The largest absolute Gasteiger partial charge is 0.373 e. The molecule has 0 spiro atoms. The number of carbonyl (C=O) groups is 1. The van der Waals surface area contributed by atoms with Gasteiger partial charge < -0.3 is 20.1 Å². The number of ether oxygens (including phenoxy) is 2. The molecule has 120 valence electrons. The van der Waals surface area contributed by atoms with Crippen LogP contribution in [0.4, 0.5) is 4.79 Å². The lowest BCUT2D eigenvalue weighted by Gasteiger charge is -2.39. The predicted octanol–water partition coefficient (Wildman–Crippen LogP) is 1.86. The number of rotatable bonds is 4. The fraction of sp³-hybridized carbons (Fsp3) is 0.588. The van der Waals surface area contributed by atoms with E-state index in [0.29, 0.717) is 19.8 Å². The molecule has 3 unspecified atom stereocenters. The Morgan fingerprint density at radius 3 is 2.68 bits per heavy atom. The first kappa shape index (κ1) is 15.3. The van der Waals surface area contributed by atoms with Crippen LogP contribution in [0.1, 0.15) is 24.8 Å². The summed E-state index contributed by atoms with van der Waals surface area (Å²) in [6.45, 7) is 2.00. The van der Waals surface area contributed by atoms with Crippen LogP contribution in [0.5, 0.6) is 0 Å². The highest BCUT2D eigenvalue weighted by Crippen LogP contribution is 2.26. The van der Waals surface area contributed by atoms with Gasteiger partial charge in [-0.2, -0.15) is 0 Å². The highest BCUT2D eigenvalue weighted by atomic mass is 16.6. The summed E-state index contributed by atoms with van der Waals surface area (Å²) in [7, 11) is 0. The Bertz CT molecular complexity index is 480. The van der Waals surface area contributed by atoms with Crippen molar-refractivity contribution in [3.63, 3.8) is 0 Å². The first-order chi connectivity index (χ1) is 10.8. The molecule has 0 aromatic heterocycles. The van der Waals surface area contributed by atoms with Crippen molar-refractivity contribution in [3.8, 4) is 0 Å². The maximum atomic E-state index is 12.0. The minimum Gasteiger partial charge on any atom is -0.373 e. The van der Waals surface area contributed by atoms with E-state index in [-0.39, 0.29) is 24.3 Å². The van der Waals surface area contributed by atoms with Gasteiger partial charge in [-0.25, -0.2) is 4.79 Å². The highest BCUT2D eigenvalue weighted by molar-refractivity contribution is 5.74. The standard InChI is InChI=1S/C17H24N2O3/c20-17(18-9-8-13-4-2-1-3-5-13)19-14-6-7-15-16(12-14)22-11-10-21-15/h1-5,14-16H,6-12H2,(H2,18,19,20). The van der Waals surface area contributed by atoms with Crippen LogP contribution < -0.4 is 10.6 Å². The molecule has 1 saturated carbocycles. The molecular weight excluding hydrogens is 280 g/mol. The summed E-state index contributed by atoms with van der Waals surface area (Å²) in [5.41, 5.74) is 1.23. The molecule has 1 aliphatic heterocycles. The van der Waals surface area contributed by atoms with Crippen molar-refractivity contribution in [1.29, 1.82) is 0 Å². The molecule has 2 fully saturated rings. The molecule has 3 atom stereocenters. The van der Waals surface area contributed by atoms with E-state index in [1.165, 1.54) is 5.56 Å². The molecule has 5 nitrogen and oxygen atoms in total. The van der Waals surface area contributed by atoms with Gasteiger partial charge in [0.2, 0.25) is 0 Å². The van der Waals surface area contributed by atoms with Crippen LogP contribution in [0, 0.1) is 0 Å². The first-order valence-electron chi connectivity index (χ1n) is 8.13. The average molecular weight is 304 g/mol. The Kier molecular flexibility index (Phi) is 5.29. The zero-order valence-corrected chi connectivity index (χ0v) is 12.8. The average Bonchev–Trinajstić information content (AvgIpc) is 2.56. The molecule has 0 radical (unpaired) electrons. The molecule has 2 aliphatic rings. The Balaban J connectivity index is 1.37. The van der Waals surface area contributed by atoms with E-state index in [2.05, 4.69) is 22.8 Å². The molecule has 2 amide bonds. The van der Waals surface area contributed by atoms with E-state index in [9.17, 15) is 4.79 Å². The Labute approximate surface area is 131 Å². The Hall–Kier alpha value is -1.59. The van der Waals surface area contributed by atoms with Crippen molar-refractivity contribution in [2.45, 2.75) is 43.9 Å². The molecule has 1 heterocycles. The van der Waals surface area contributed by atoms with E-state index >= 15 is 0 Å². The summed E-state index contributed by atoms with van der Waals surface area (Å²) < 4.78 is 11.4. The third kappa shape index (κ3) is 4.21. The van der Waals surface area contributed by atoms with Crippen LogP contribution in [0.15, 0.2) is 30.3 Å². The Morgan fingerprint density at radius 2 is 1.86 bits per heavy atom. The van der Waals surface area contributed by atoms with E-state index in [0.717, 1.165) is 25.7 Å². The molecule has 0 bridgehead atoms. The molecular formula is C17H24N2O3. The van der Waals surface area contributed by atoms with Crippen LogP contribution in [0.2, 0.25) is 0 Å². The zero-order chi connectivity index (χ0) is 15.2. The third-order valence-corrected chi connectivity index (χ3v) is 4.36. The van der Waals surface area contributed by atoms with Gasteiger partial charge in [0, 0.05) is 12.6 Å². The highest BCUT2D eigenvalue weighted by Gasteiger charge is 2.34. The van der Waals surface area contributed by atoms with Crippen molar-refractivity contribution >= 4 is 6.03 Å². The molecule has 1 aromatic rings. The summed E-state index contributed by atoms with van der Waals surface area (Å²) in [5, 5.41) is 5.98. The second kappa shape index (κ2) is 7.61. The van der Waals surface area contributed by atoms with Gasteiger partial charge >= 0.3 is 6.03 Å². The van der Waals surface area contributed by atoms with Crippen molar-refractivity contribution in [3.05, 3.63) is 35.9 Å². The third-order valence-electron chi connectivity index (χ3n) is 4.36. The minimum atomic E-state index is -0.0869. The van der Waals surface area contributed by atoms with E-state index in [1.54, 1.807) is 0 Å². The van der Waals surface area contributed by atoms with Crippen LogP contribution >= 0.6 is 0 Å². The van der Waals surface area contributed by atoms with Gasteiger partial charge in [0.15, 0.2) is 0 Å². The number of carbonyl (C=O) groups excluding carboxylic acids is 1. The van der Waals surface area contributed by atoms with E-state index < -0.39 is 0 Å². The zero-order valence-electron chi connectivity index (χ0n) is 12.8. The first-order valence-corrected chi connectivity index (χ1v) is 8.13. The quantitative estimate of drug-likeness (QED) is 0.893. The summed E-state index contributed by atoms with van der Waals surface area (Å²) >= 11 is 0. The number of amides is 2. The van der Waals surface area contributed by atoms with E-state index in [4.69, 9.17) is 9.47 Å². The SMILES string of the molecule is O=C(NCCc1ccccc1)NC1CCC2OCCOC2C1. The number of hydrogen-bond acceptors (Lipinski definition) is 3. The molecule has 1 saturated heterocycles. The van der Waals surface area contributed by atoms with Gasteiger partial charge in [-0.3, -0.25) is 0 Å². The fourth-order valence-electron chi connectivity index (χ4n) is 3.20. The van der Waals surface area contributed by atoms with Crippen LogP contribution in [0.25, 0.3) is 0 Å². The van der Waals surface area contributed by atoms with Gasteiger partial charge in [-0.15, -0.1) is 0 Å². The fourth-order valence-corrected chi connectivity index (χ4v) is 3.20. The second-order valence-electron chi connectivity index (χ2n) is 5.96. The monoisotopic (exact) mass is 304 g/mol. The smallest absolute Gasteiger partial charge is 0.315 e. The number of fused-ring (bicyclic) bond motifs is 1. The molecule has 3 rings (SSSR count). The number of nitrogens with one attached hydrogen (secondary N) is 2. The molecule has 1 aromatic carbocycles. The maximum Gasteiger partial charge on any atom is 0.315 e. The number of urea groups is 1. The summed E-state index contributed by atoms with van der Waals surface area (Å²) in [6, 6.07) is 10.3. The van der Waals surface area contributed by atoms with Crippen molar-refractivity contribution in [2.75, 3.05) is 19.8 Å². The van der Waals surface area contributed by atoms with Crippen molar-refractivity contribution in [1.82, 2.24) is 10.6 Å². The number of hydrogen-bond donors (Lipinski definition) is 2. The summed E-state index contributed by atoms with van der Waals surface area (Å²) in [4.78, 5) is 12.0. The normalized spacial score (nSPS) is 27.7. The van der Waals surface area contributed by atoms with Crippen molar-refractivity contribution in [2.24, 2.45) is 0 Å². The van der Waals surface area contributed by atoms with Gasteiger partial charge in [0.25, 0.3) is 0 Å². The van der Waals surface area contributed by atoms with Gasteiger partial charge in [0.05, 0.1) is 25.4 Å².